The molecule has 134 valence electrons. The Bertz CT molecular complexity index is 630. The molecule has 1 rings (SSSR count). The van der Waals surface area contributed by atoms with Crippen LogP contribution in [-0.4, -0.2) is 44.6 Å². The van der Waals surface area contributed by atoms with Crippen molar-refractivity contribution in [3.05, 3.63) is 39.9 Å². The maximum Gasteiger partial charge on any atom is 0.401 e. The molecule has 0 saturated heterocycles. The molecule has 0 aromatic heterocycles. The van der Waals surface area contributed by atoms with Gasteiger partial charge in [0, 0.05) is 12.1 Å². The highest BCUT2D eigenvalue weighted by Gasteiger charge is 2.47. The van der Waals surface area contributed by atoms with E-state index in [2.05, 4.69) is 4.74 Å². The van der Waals surface area contributed by atoms with Crippen LogP contribution in [-0.2, 0) is 25.4 Å². The summed E-state index contributed by atoms with van der Waals surface area (Å²) in [6.45, 7) is 0.418. The zero-order chi connectivity index (χ0) is 18.4. The number of non-ortho nitro benzene ring substituents is 1. The minimum atomic E-state index is -5.22. The zero-order valence-corrected chi connectivity index (χ0v) is 13.5. The van der Waals surface area contributed by atoms with E-state index >= 15 is 0 Å². The molecule has 0 heterocycles. The summed E-state index contributed by atoms with van der Waals surface area (Å²) in [5, 5.41) is 22.4. The first kappa shape index (κ1) is 20.2. The van der Waals surface area contributed by atoms with Gasteiger partial charge in [0.25, 0.3) is 5.69 Å². The Hall–Kier alpha value is -1.88. The number of hydrogen-bond acceptors (Lipinski definition) is 8. The summed E-state index contributed by atoms with van der Waals surface area (Å²) in [6.07, 6.45) is 0. The molecule has 0 aliphatic heterocycles. The average molecular weight is 364 g/mol. The van der Waals surface area contributed by atoms with Gasteiger partial charge in [0.15, 0.2) is 0 Å². The van der Waals surface area contributed by atoms with Crippen LogP contribution in [0.5, 0.6) is 0 Å². The van der Waals surface area contributed by atoms with E-state index in [1.807, 2.05) is 5.32 Å². The van der Waals surface area contributed by atoms with Crippen LogP contribution in [0.15, 0.2) is 24.3 Å². The molecule has 11 nitrogen and oxygen atoms in total. The van der Waals surface area contributed by atoms with Gasteiger partial charge in [-0.05, 0) is 24.6 Å². The summed E-state index contributed by atoms with van der Waals surface area (Å²) < 4.78 is 20.8. The monoisotopic (exact) mass is 364 g/mol. The summed E-state index contributed by atoms with van der Waals surface area (Å²) >= 11 is 0. The van der Waals surface area contributed by atoms with Crippen LogP contribution in [0.25, 0.3) is 0 Å². The predicted octanol–water partition coefficient (Wildman–Crippen LogP) is 0.0454. The second kappa shape index (κ2) is 8.29. The number of aliphatic hydroxyl groups is 1. The zero-order valence-electron chi connectivity index (χ0n) is 12.6. The molecular weight excluding hydrogens is 347 g/mol. The molecule has 24 heavy (non-hydrogen) atoms. The number of nitrogens with zero attached hydrogens (tertiary/aromatic N) is 1. The molecule has 1 aromatic carbocycles. The van der Waals surface area contributed by atoms with Crippen molar-refractivity contribution in [2.24, 2.45) is 0 Å². The molecule has 0 saturated carbocycles. The standard InChI is InChI=1S/C12H17N2O9P/c1-2-22-11(15)7-13-12(16,24(19,20)21)23-8-9-3-5-10(6-4-9)14(17)18/h3-6,13,16H,2,7-8H2,1H3,(H2,19,20,21). The number of nitro benzene ring substituents is 1. The van der Waals surface area contributed by atoms with E-state index in [0.29, 0.717) is 5.56 Å². The van der Waals surface area contributed by atoms with E-state index in [1.165, 1.54) is 31.2 Å². The minimum absolute atomic E-state index is 0.0541. The van der Waals surface area contributed by atoms with Crippen LogP contribution in [0.2, 0.25) is 0 Å². The van der Waals surface area contributed by atoms with E-state index in [9.17, 15) is 34.4 Å². The van der Waals surface area contributed by atoms with Gasteiger partial charge in [-0.2, -0.15) is 0 Å². The van der Waals surface area contributed by atoms with Gasteiger partial charge in [-0.15, -0.1) is 0 Å². The molecule has 0 fully saturated rings. The summed E-state index contributed by atoms with van der Waals surface area (Å²) in [5.41, 5.74) is -2.98. The molecular formula is C12H17N2O9P. The van der Waals surface area contributed by atoms with Gasteiger partial charge in [0.2, 0.25) is 0 Å². The largest absolute Gasteiger partial charge is 0.465 e. The lowest BCUT2D eigenvalue weighted by Gasteiger charge is -2.29. The van der Waals surface area contributed by atoms with Crippen molar-refractivity contribution in [1.82, 2.24) is 5.32 Å². The first-order valence-corrected chi connectivity index (χ1v) is 8.26. The normalized spacial score (nSPS) is 14.0. The smallest absolute Gasteiger partial charge is 0.401 e. The summed E-state index contributed by atoms with van der Waals surface area (Å²) in [7, 11) is -5.22. The van der Waals surface area contributed by atoms with Gasteiger partial charge < -0.3 is 24.4 Å². The van der Waals surface area contributed by atoms with Crippen molar-refractivity contribution in [3.8, 4) is 0 Å². The molecule has 0 amide bonds. The molecule has 1 aromatic rings. The molecule has 1 unspecified atom stereocenters. The maximum absolute atomic E-state index is 11.4. The maximum atomic E-state index is 11.4. The first-order chi connectivity index (χ1) is 11.1. The minimum Gasteiger partial charge on any atom is -0.465 e. The van der Waals surface area contributed by atoms with Gasteiger partial charge in [-0.3, -0.25) is 19.5 Å². The molecule has 0 bridgehead atoms. The quantitative estimate of drug-likeness (QED) is 0.154. The summed E-state index contributed by atoms with van der Waals surface area (Å²) in [6, 6.07) is 4.93. The molecule has 0 spiro atoms. The highest BCUT2D eigenvalue weighted by molar-refractivity contribution is 7.53. The van der Waals surface area contributed by atoms with Crippen LogP contribution in [0.1, 0.15) is 12.5 Å². The number of rotatable bonds is 9. The van der Waals surface area contributed by atoms with E-state index in [4.69, 9.17) is 4.74 Å². The fourth-order valence-electron chi connectivity index (χ4n) is 1.54. The second-order valence-electron chi connectivity index (χ2n) is 4.52. The Morgan fingerprint density at radius 3 is 2.42 bits per heavy atom. The van der Waals surface area contributed by atoms with Gasteiger partial charge >= 0.3 is 19.2 Å². The third-order valence-corrected chi connectivity index (χ3v) is 3.83. The van der Waals surface area contributed by atoms with Crippen LogP contribution < -0.4 is 5.32 Å². The Morgan fingerprint density at radius 2 is 1.96 bits per heavy atom. The van der Waals surface area contributed by atoms with Gasteiger partial charge in [-0.25, -0.2) is 5.32 Å². The Labute approximate surface area is 136 Å². The van der Waals surface area contributed by atoms with Gasteiger partial charge in [0.05, 0.1) is 24.7 Å². The fraction of sp³-hybridized carbons (Fsp3) is 0.417. The van der Waals surface area contributed by atoms with E-state index in [0.717, 1.165) is 0 Å². The summed E-state index contributed by atoms with van der Waals surface area (Å²) in [4.78, 5) is 39.6. The highest BCUT2D eigenvalue weighted by Crippen LogP contribution is 2.48. The van der Waals surface area contributed by atoms with Crippen molar-refractivity contribution in [2.45, 2.75) is 19.2 Å². The predicted molar refractivity (Wildman–Crippen MR) is 79.5 cm³/mol. The van der Waals surface area contributed by atoms with Crippen molar-refractivity contribution in [1.29, 1.82) is 0 Å². The molecule has 0 radical (unpaired) electrons. The SMILES string of the molecule is CCOC(=O)CNC(O)(OCc1ccc([N+](=O)[O-])cc1)P(=O)(O)O. The number of benzene rings is 1. The number of hydrogen-bond donors (Lipinski definition) is 4. The number of ether oxygens (including phenoxy) is 2. The Balaban J connectivity index is 2.77. The topological polar surface area (TPSA) is 168 Å². The van der Waals surface area contributed by atoms with Crippen molar-refractivity contribution >= 4 is 19.3 Å². The number of nitro groups is 1. The van der Waals surface area contributed by atoms with Crippen molar-refractivity contribution in [3.63, 3.8) is 0 Å². The number of nitrogens with one attached hydrogen (secondary N) is 1. The van der Waals surface area contributed by atoms with Crippen LogP contribution in [0.4, 0.5) is 5.69 Å². The van der Waals surface area contributed by atoms with E-state index < -0.39 is 37.3 Å². The highest BCUT2D eigenvalue weighted by atomic mass is 31.2. The Morgan fingerprint density at radius 1 is 1.38 bits per heavy atom. The number of carbonyl (C=O) groups is 1. The van der Waals surface area contributed by atoms with E-state index in [1.54, 1.807) is 0 Å². The molecule has 4 N–H and O–H groups in total. The fourth-order valence-corrected chi connectivity index (χ4v) is 2.05. The third-order valence-electron chi connectivity index (χ3n) is 2.75. The average Bonchev–Trinajstić information content (AvgIpc) is 2.50. The van der Waals surface area contributed by atoms with Crippen LogP contribution in [0, 0.1) is 10.1 Å². The van der Waals surface area contributed by atoms with Crippen LogP contribution in [0.3, 0.4) is 0 Å². The van der Waals surface area contributed by atoms with Gasteiger partial charge in [0.1, 0.15) is 0 Å². The Kier molecular flexibility index (Phi) is 6.96. The molecule has 0 aliphatic carbocycles. The molecule has 0 aliphatic rings. The van der Waals surface area contributed by atoms with Crippen molar-refractivity contribution in [2.75, 3.05) is 13.2 Å². The molecule has 12 heteroatoms. The van der Waals surface area contributed by atoms with Crippen molar-refractivity contribution < 1.29 is 38.6 Å². The summed E-state index contributed by atoms with van der Waals surface area (Å²) in [5.74, 6) is -0.844. The van der Waals surface area contributed by atoms with Gasteiger partial charge in [-0.1, -0.05) is 0 Å². The lowest BCUT2D eigenvalue weighted by molar-refractivity contribution is -0.384. The van der Waals surface area contributed by atoms with E-state index in [-0.39, 0.29) is 12.3 Å². The first-order valence-electron chi connectivity index (χ1n) is 6.65. The number of carbonyl (C=O) groups excluding carboxylic acids is 1. The lowest BCUT2D eigenvalue weighted by Crippen LogP contribution is -2.49. The third kappa shape index (κ3) is 5.64. The number of esters is 1. The lowest BCUT2D eigenvalue weighted by atomic mass is 10.2. The molecule has 1 atom stereocenters. The van der Waals surface area contributed by atoms with Crippen LogP contribution >= 0.6 is 7.60 Å². The second-order valence-corrected chi connectivity index (χ2v) is 6.22.